The lowest BCUT2D eigenvalue weighted by atomic mass is 10.0. The first-order valence-corrected chi connectivity index (χ1v) is 16.6. The van der Waals surface area contributed by atoms with Crippen LogP contribution in [0.4, 0.5) is 19.0 Å². The predicted octanol–water partition coefficient (Wildman–Crippen LogP) is 6.06. The number of carbonyl (C=O) groups excluding carboxylic acids is 1. The third-order valence-electron chi connectivity index (χ3n) is 8.47. The van der Waals surface area contributed by atoms with Crippen molar-refractivity contribution in [1.29, 1.82) is 0 Å². The number of rotatable bonds is 13. The molecule has 0 bridgehead atoms. The summed E-state index contributed by atoms with van der Waals surface area (Å²) in [5.41, 5.74) is -1.95. The first kappa shape index (κ1) is 32.6. The molecule has 5 rings (SSSR count). The van der Waals surface area contributed by atoms with E-state index in [1.54, 1.807) is 18.3 Å². The van der Waals surface area contributed by atoms with E-state index < -0.39 is 27.5 Å². The molecular weight excluding hydrogens is 611 g/mol. The third-order valence-corrected chi connectivity index (χ3v) is 9.82. The Hall–Kier alpha value is -3.81. The molecule has 2 aromatic heterocycles. The SMILES string of the molecule is CCCCOc1ccc(S(=O)(=O)NC(=O)c2ccc(-n3ccc(OCCC4(C(F)(F)F)CC4)n3)nc2N2CCCC2(C)C)cc1. The minimum absolute atomic E-state index is 0.0716. The van der Waals surface area contributed by atoms with Gasteiger partial charge in [0.25, 0.3) is 15.9 Å². The van der Waals surface area contributed by atoms with Gasteiger partial charge < -0.3 is 14.4 Å². The van der Waals surface area contributed by atoms with Crippen LogP contribution < -0.4 is 19.1 Å². The number of amides is 1. The summed E-state index contributed by atoms with van der Waals surface area (Å²) in [6.07, 6.45) is 0.920. The fourth-order valence-electron chi connectivity index (χ4n) is 5.42. The molecule has 1 N–H and O–H groups in total. The number of nitrogens with one attached hydrogen (secondary N) is 1. The van der Waals surface area contributed by atoms with Crippen LogP contribution >= 0.6 is 0 Å². The average Bonchev–Trinajstić information content (AvgIpc) is 3.50. The van der Waals surface area contributed by atoms with Crippen LogP contribution in [0.15, 0.2) is 53.6 Å². The number of benzene rings is 1. The summed E-state index contributed by atoms with van der Waals surface area (Å²) in [6.45, 7) is 7.08. The lowest BCUT2D eigenvalue weighted by molar-refractivity contribution is -0.190. The molecule has 0 spiro atoms. The minimum atomic E-state index is -4.25. The highest BCUT2D eigenvalue weighted by molar-refractivity contribution is 7.90. The van der Waals surface area contributed by atoms with Crippen molar-refractivity contribution < 1.29 is 35.9 Å². The number of aromatic nitrogens is 3. The normalized spacial score (nSPS) is 17.2. The molecule has 45 heavy (non-hydrogen) atoms. The van der Waals surface area contributed by atoms with Gasteiger partial charge in [-0.05, 0) is 88.8 Å². The maximum absolute atomic E-state index is 13.5. The Labute approximate surface area is 261 Å². The van der Waals surface area contributed by atoms with Gasteiger partial charge in [0, 0.05) is 24.3 Å². The molecule has 1 aromatic carbocycles. The summed E-state index contributed by atoms with van der Waals surface area (Å²) in [4.78, 5) is 20.1. The van der Waals surface area contributed by atoms with Crippen LogP contribution in [-0.4, -0.2) is 60.6 Å². The predicted molar refractivity (Wildman–Crippen MR) is 161 cm³/mol. The van der Waals surface area contributed by atoms with Gasteiger partial charge in [0.05, 0.1) is 29.1 Å². The number of halogens is 3. The molecule has 14 heteroatoms. The topological polar surface area (TPSA) is 116 Å². The Bertz CT molecular complexity index is 1620. The van der Waals surface area contributed by atoms with Crippen molar-refractivity contribution >= 4 is 21.7 Å². The van der Waals surface area contributed by atoms with E-state index in [9.17, 15) is 26.4 Å². The Kier molecular flexibility index (Phi) is 9.07. The molecule has 0 atom stereocenters. The summed E-state index contributed by atoms with van der Waals surface area (Å²) in [5.74, 6) is 0.467. The smallest absolute Gasteiger partial charge is 0.394 e. The van der Waals surface area contributed by atoms with Gasteiger partial charge in [-0.1, -0.05) is 13.3 Å². The third kappa shape index (κ3) is 7.21. The first-order valence-electron chi connectivity index (χ1n) is 15.1. The van der Waals surface area contributed by atoms with Crippen molar-refractivity contribution in [1.82, 2.24) is 19.5 Å². The number of carbonyl (C=O) groups is 1. The largest absolute Gasteiger partial charge is 0.494 e. The van der Waals surface area contributed by atoms with E-state index in [2.05, 4.69) is 9.82 Å². The first-order chi connectivity index (χ1) is 21.2. The van der Waals surface area contributed by atoms with Crippen LogP contribution in [0.5, 0.6) is 11.6 Å². The van der Waals surface area contributed by atoms with E-state index >= 15 is 0 Å². The molecule has 1 saturated carbocycles. The molecule has 3 aromatic rings. The van der Waals surface area contributed by atoms with E-state index in [4.69, 9.17) is 14.5 Å². The van der Waals surface area contributed by atoms with Crippen LogP contribution in [0.25, 0.3) is 5.82 Å². The lowest BCUT2D eigenvalue weighted by Crippen LogP contribution is -2.41. The van der Waals surface area contributed by atoms with Crippen LogP contribution in [0.2, 0.25) is 0 Å². The molecule has 3 heterocycles. The maximum Gasteiger partial charge on any atom is 0.394 e. The van der Waals surface area contributed by atoms with Gasteiger partial charge in [0.15, 0.2) is 5.82 Å². The second-order valence-electron chi connectivity index (χ2n) is 12.2. The zero-order valence-corrected chi connectivity index (χ0v) is 26.4. The van der Waals surface area contributed by atoms with E-state index in [0.29, 0.717) is 30.5 Å². The van der Waals surface area contributed by atoms with Crippen LogP contribution in [0.3, 0.4) is 0 Å². The number of sulfonamides is 1. The number of nitrogens with zero attached hydrogens (tertiary/aromatic N) is 4. The van der Waals surface area contributed by atoms with E-state index in [-0.39, 0.29) is 47.7 Å². The quantitative estimate of drug-likeness (QED) is 0.223. The van der Waals surface area contributed by atoms with Crippen molar-refractivity contribution in [2.24, 2.45) is 5.41 Å². The van der Waals surface area contributed by atoms with Gasteiger partial charge >= 0.3 is 6.18 Å². The van der Waals surface area contributed by atoms with Crippen molar-refractivity contribution in [2.45, 2.75) is 82.3 Å². The van der Waals surface area contributed by atoms with Gasteiger partial charge in [-0.3, -0.25) is 4.79 Å². The molecule has 0 radical (unpaired) electrons. The number of pyridine rings is 1. The van der Waals surface area contributed by atoms with Crippen molar-refractivity contribution in [3.63, 3.8) is 0 Å². The number of unbranched alkanes of at least 4 members (excludes halogenated alkanes) is 1. The fourth-order valence-corrected chi connectivity index (χ4v) is 6.39. The highest BCUT2D eigenvalue weighted by atomic mass is 32.2. The highest BCUT2D eigenvalue weighted by Crippen LogP contribution is 2.59. The lowest BCUT2D eigenvalue weighted by Gasteiger charge is -2.34. The molecule has 1 aliphatic heterocycles. The van der Waals surface area contributed by atoms with Gasteiger partial charge in [-0.25, -0.2) is 22.8 Å². The van der Waals surface area contributed by atoms with Crippen molar-refractivity contribution in [3.05, 3.63) is 54.2 Å². The zero-order chi connectivity index (χ0) is 32.5. The molecule has 2 aliphatic rings. The molecule has 1 amide bonds. The minimum Gasteiger partial charge on any atom is -0.494 e. The fraction of sp³-hybridized carbons (Fsp3) is 0.516. The molecule has 0 unspecified atom stereocenters. The van der Waals surface area contributed by atoms with E-state index in [0.717, 1.165) is 25.7 Å². The summed E-state index contributed by atoms with van der Waals surface area (Å²) in [6, 6.07) is 10.4. The summed E-state index contributed by atoms with van der Waals surface area (Å²) in [7, 11) is -4.21. The van der Waals surface area contributed by atoms with Gasteiger partial charge in [-0.2, -0.15) is 13.2 Å². The molecule has 1 aliphatic carbocycles. The molecule has 244 valence electrons. The Morgan fingerprint density at radius 1 is 1.02 bits per heavy atom. The van der Waals surface area contributed by atoms with Crippen molar-refractivity contribution in [3.8, 4) is 17.4 Å². The van der Waals surface area contributed by atoms with Crippen LogP contribution in [0.1, 0.15) is 76.1 Å². The Morgan fingerprint density at radius 3 is 2.38 bits per heavy atom. The molecule has 1 saturated heterocycles. The number of alkyl halides is 3. The Morgan fingerprint density at radius 2 is 1.76 bits per heavy atom. The summed E-state index contributed by atoms with van der Waals surface area (Å²) < 4.78 is 80.7. The summed E-state index contributed by atoms with van der Waals surface area (Å²) in [5, 5.41) is 4.32. The summed E-state index contributed by atoms with van der Waals surface area (Å²) >= 11 is 0. The number of anilines is 1. The second-order valence-corrected chi connectivity index (χ2v) is 13.9. The van der Waals surface area contributed by atoms with Gasteiger partial charge in [-0.15, -0.1) is 5.10 Å². The molecular formula is C31H38F3N5O5S. The number of hydrogen-bond donors (Lipinski definition) is 1. The average molecular weight is 650 g/mol. The van der Waals surface area contributed by atoms with Crippen molar-refractivity contribution in [2.75, 3.05) is 24.7 Å². The standard InChI is InChI=1S/C31H38F3N5O5S/c1-4-5-20-43-22-7-9-23(10-8-22)45(41,42)37-28(40)24-11-12-25(35-27(24)38-18-6-14-29(38,2)3)39-19-13-26(36-39)44-21-17-30(15-16-30)31(32,33)34/h7-13,19H,4-6,14-18,20-21H2,1-3H3,(H,37,40). The Balaban J connectivity index is 1.34. The molecule has 2 fully saturated rings. The monoisotopic (exact) mass is 649 g/mol. The van der Waals surface area contributed by atoms with E-state index in [1.165, 1.54) is 35.0 Å². The maximum atomic E-state index is 13.5. The second kappa shape index (κ2) is 12.5. The number of ether oxygens (including phenoxy) is 2. The van der Waals surface area contributed by atoms with E-state index in [1.807, 2.05) is 25.7 Å². The number of hydrogen-bond acceptors (Lipinski definition) is 8. The van der Waals surface area contributed by atoms with Crippen LogP contribution in [0, 0.1) is 5.41 Å². The zero-order valence-electron chi connectivity index (χ0n) is 25.6. The van der Waals surface area contributed by atoms with Gasteiger partial charge in [0.2, 0.25) is 5.88 Å². The highest BCUT2D eigenvalue weighted by Gasteiger charge is 2.62. The molecule has 10 nitrogen and oxygen atoms in total. The van der Waals surface area contributed by atoms with Gasteiger partial charge in [0.1, 0.15) is 11.6 Å². The van der Waals surface area contributed by atoms with Crippen LogP contribution in [-0.2, 0) is 10.0 Å².